The molecule has 3 aromatic rings. The van der Waals surface area contributed by atoms with E-state index in [1.807, 2.05) is 12.1 Å². The summed E-state index contributed by atoms with van der Waals surface area (Å²) >= 11 is 1.57. The van der Waals surface area contributed by atoms with Gasteiger partial charge in [-0.05, 0) is 30.9 Å². The summed E-state index contributed by atoms with van der Waals surface area (Å²) in [5, 5.41) is 13.7. The van der Waals surface area contributed by atoms with Gasteiger partial charge in [-0.15, -0.1) is 10.2 Å². The topological polar surface area (TPSA) is 82.8 Å². The molecular weight excluding hydrogens is 338 g/mol. The second-order valence-electron chi connectivity index (χ2n) is 6.77. The van der Waals surface area contributed by atoms with Crippen LogP contribution < -0.4 is 0 Å². The second-order valence-corrected chi connectivity index (χ2v) is 7.71. The molecule has 0 radical (unpaired) electrons. The fraction of sp³-hybridized carbons (Fsp3) is 0.529. The summed E-state index contributed by atoms with van der Waals surface area (Å²) < 4.78 is 13.0. The van der Waals surface area contributed by atoms with Crippen molar-refractivity contribution < 1.29 is 8.94 Å². The van der Waals surface area contributed by atoms with Crippen LogP contribution in [-0.2, 0) is 18.7 Å². The predicted molar refractivity (Wildman–Crippen MR) is 92.2 cm³/mol. The average Bonchev–Trinajstić information content (AvgIpc) is 2.98. The number of thioether (sulfide) groups is 1. The van der Waals surface area contributed by atoms with E-state index in [4.69, 9.17) is 8.94 Å². The molecule has 7 nitrogen and oxygen atoms in total. The van der Waals surface area contributed by atoms with Crippen molar-refractivity contribution in [1.29, 1.82) is 0 Å². The molecule has 3 heterocycles. The third-order valence-electron chi connectivity index (χ3n) is 4.01. The van der Waals surface area contributed by atoms with Crippen LogP contribution in [0.3, 0.4) is 0 Å². The molecule has 1 saturated carbocycles. The molecular formula is C17H21N5O2S. The molecule has 3 aromatic heterocycles. The third-order valence-corrected chi connectivity index (χ3v) is 4.96. The van der Waals surface area contributed by atoms with Gasteiger partial charge in [0.1, 0.15) is 11.6 Å². The van der Waals surface area contributed by atoms with Crippen LogP contribution in [0.15, 0.2) is 32.5 Å². The van der Waals surface area contributed by atoms with Crippen LogP contribution in [0.2, 0.25) is 0 Å². The maximum absolute atomic E-state index is 5.49. The molecule has 132 valence electrons. The molecule has 0 N–H and O–H groups in total. The number of hydrogen-bond donors (Lipinski definition) is 0. The Bertz CT molecular complexity index is 820. The zero-order valence-electron chi connectivity index (χ0n) is 14.4. The van der Waals surface area contributed by atoms with E-state index in [9.17, 15) is 0 Å². The maximum atomic E-state index is 5.49. The predicted octanol–water partition coefficient (Wildman–Crippen LogP) is 3.67. The molecule has 8 heteroatoms. The Balaban J connectivity index is 1.47. The van der Waals surface area contributed by atoms with Crippen molar-refractivity contribution in [2.24, 2.45) is 5.92 Å². The average molecular weight is 359 g/mol. The van der Waals surface area contributed by atoms with Gasteiger partial charge in [0.2, 0.25) is 5.89 Å². The highest BCUT2D eigenvalue weighted by Crippen LogP contribution is 2.40. The molecule has 0 saturated heterocycles. The third kappa shape index (κ3) is 3.95. The van der Waals surface area contributed by atoms with E-state index in [0.29, 0.717) is 30.0 Å². The van der Waals surface area contributed by atoms with E-state index in [1.165, 1.54) is 12.8 Å². The van der Waals surface area contributed by atoms with Crippen molar-refractivity contribution in [3.63, 3.8) is 0 Å². The smallest absolute Gasteiger partial charge is 0.237 e. The standard InChI is InChI=1S/C17H21N5O2S/c1-11(2)8-14-18-15(24-21-14)10-25-17-20-19-16(12-5-6-12)22(17)9-13-4-3-7-23-13/h3-4,7,11-12H,5-6,8-10H2,1-2H3. The summed E-state index contributed by atoms with van der Waals surface area (Å²) in [5.41, 5.74) is 0. The number of hydrogen-bond acceptors (Lipinski definition) is 7. The highest BCUT2D eigenvalue weighted by atomic mass is 32.2. The highest BCUT2D eigenvalue weighted by Gasteiger charge is 2.30. The van der Waals surface area contributed by atoms with Crippen LogP contribution in [0.4, 0.5) is 0 Å². The molecule has 1 aliphatic rings. The molecule has 1 fully saturated rings. The van der Waals surface area contributed by atoms with Crippen LogP contribution in [0, 0.1) is 5.92 Å². The lowest BCUT2D eigenvalue weighted by atomic mass is 10.1. The Labute approximate surface area is 150 Å². The minimum atomic E-state index is 0.510. The zero-order chi connectivity index (χ0) is 17.2. The Morgan fingerprint density at radius 1 is 1.32 bits per heavy atom. The molecule has 0 atom stereocenters. The van der Waals surface area contributed by atoms with Crippen molar-refractivity contribution in [1.82, 2.24) is 24.9 Å². The van der Waals surface area contributed by atoms with Gasteiger partial charge in [-0.25, -0.2) is 0 Å². The molecule has 1 aliphatic carbocycles. The summed E-state index contributed by atoms with van der Waals surface area (Å²) in [7, 11) is 0. The summed E-state index contributed by atoms with van der Waals surface area (Å²) in [6, 6.07) is 3.87. The lowest BCUT2D eigenvalue weighted by Crippen LogP contribution is -2.05. The summed E-state index contributed by atoms with van der Waals surface area (Å²) in [4.78, 5) is 4.45. The molecule has 0 aromatic carbocycles. The summed E-state index contributed by atoms with van der Waals surface area (Å²) in [6.45, 7) is 4.93. The van der Waals surface area contributed by atoms with Gasteiger partial charge in [0, 0.05) is 12.3 Å². The fourth-order valence-electron chi connectivity index (χ4n) is 2.68. The van der Waals surface area contributed by atoms with E-state index in [0.717, 1.165) is 29.0 Å². The Kier molecular flexibility index (Phi) is 4.61. The SMILES string of the molecule is CC(C)Cc1noc(CSc2nnc(C3CC3)n2Cc2ccco2)n1. The first-order valence-corrected chi connectivity index (χ1v) is 9.57. The van der Waals surface area contributed by atoms with E-state index in [-0.39, 0.29) is 0 Å². The van der Waals surface area contributed by atoms with Crippen LogP contribution in [0.25, 0.3) is 0 Å². The Hall–Kier alpha value is -2.09. The highest BCUT2D eigenvalue weighted by molar-refractivity contribution is 7.98. The number of aromatic nitrogens is 5. The van der Waals surface area contributed by atoms with Gasteiger partial charge >= 0.3 is 0 Å². The molecule has 0 aliphatic heterocycles. The van der Waals surface area contributed by atoms with Crippen LogP contribution in [0.5, 0.6) is 0 Å². The van der Waals surface area contributed by atoms with Gasteiger partial charge in [0.05, 0.1) is 18.6 Å². The molecule has 0 spiro atoms. The molecule has 0 unspecified atom stereocenters. The van der Waals surface area contributed by atoms with Crippen molar-refractivity contribution in [2.45, 2.75) is 56.5 Å². The quantitative estimate of drug-likeness (QED) is 0.567. The molecule has 25 heavy (non-hydrogen) atoms. The molecule has 4 rings (SSSR count). The first-order chi connectivity index (χ1) is 12.2. The molecule has 0 bridgehead atoms. The van der Waals surface area contributed by atoms with E-state index >= 15 is 0 Å². The summed E-state index contributed by atoms with van der Waals surface area (Å²) in [5.74, 6) is 4.97. The van der Waals surface area contributed by atoms with Crippen LogP contribution in [-0.4, -0.2) is 24.9 Å². The minimum absolute atomic E-state index is 0.510. The van der Waals surface area contributed by atoms with Crippen LogP contribution in [0.1, 0.15) is 55.9 Å². The van der Waals surface area contributed by atoms with Crippen molar-refractivity contribution in [2.75, 3.05) is 0 Å². The monoisotopic (exact) mass is 359 g/mol. The van der Waals surface area contributed by atoms with Gasteiger partial charge in [-0.2, -0.15) is 4.98 Å². The summed E-state index contributed by atoms with van der Waals surface area (Å²) in [6.07, 6.45) is 4.89. The van der Waals surface area contributed by atoms with Crippen molar-refractivity contribution >= 4 is 11.8 Å². The first kappa shape index (κ1) is 16.4. The van der Waals surface area contributed by atoms with Gasteiger partial charge in [-0.3, -0.25) is 4.57 Å². The fourth-order valence-corrected chi connectivity index (χ4v) is 3.46. The minimum Gasteiger partial charge on any atom is -0.467 e. The Morgan fingerprint density at radius 3 is 2.92 bits per heavy atom. The van der Waals surface area contributed by atoms with Crippen LogP contribution >= 0.6 is 11.8 Å². The largest absolute Gasteiger partial charge is 0.467 e. The Morgan fingerprint density at radius 2 is 2.20 bits per heavy atom. The van der Waals surface area contributed by atoms with E-state index in [1.54, 1.807) is 18.0 Å². The molecule has 0 amide bonds. The zero-order valence-corrected chi connectivity index (χ0v) is 15.2. The van der Waals surface area contributed by atoms with Crippen molar-refractivity contribution in [3.05, 3.63) is 41.7 Å². The second kappa shape index (κ2) is 7.03. The number of rotatable bonds is 8. The number of furan rings is 1. The van der Waals surface area contributed by atoms with Gasteiger partial charge in [0.25, 0.3) is 0 Å². The van der Waals surface area contributed by atoms with Gasteiger partial charge in [0.15, 0.2) is 11.0 Å². The normalized spacial score (nSPS) is 14.5. The van der Waals surface area contributed by atoms with Gasteiger partial charge in [-0.1, -0.05) is 30.8 Å². The van der Waals surface area contributed by atoms with E-state index in [2.05, 4.69) is 38.8 Å². The number of nitrogens with zero attached hydrogens (tertiary/aromatic N) is 5. The lowest BCUT2D eigenvalue weighted by molar-refractivity contribution is 0.382. The first-order valence-electron chi connectivity index (χ1n) is 8.58. The van der Waals surface area contributed by atoms with E-state index < -0.39 is 0 Å². The lowest BCUT2D eigenvalue weighted by Gasteiger charge is -2.07. The van der Waals surface area contributed by atoms with Crippen molar-refractivity contribution in [3.8, 4) is 0 Å². The maximum Gasteiger partial charge on any atom is 0.237 e. The van der Waals surface area contributed by atoms with Gasteiger partial charge < -0.3 is 8.94 Å².